The first kappa shape index (κ1) is 14.1. The van der Waals surface area contributed by atoms with Crippen LogP contribution in [0.1, 0.15) is 19.4 Å². The quantitative estimate of drug-likeness (QED) is 0.832. The Bertz CT molecular complexity index is 710. The third-order valence-corrected chi connectivity index (χ3v) is 3.49. The van der Waals surface area contributed by atoms with Gasteiger partial charge in [0.2, 0.25) is 5.91 Å². The molecule has 3 nitrogen and oxygen atoms in total. The highest BCUT2D eigenvalue weighted by molar-refractivity contribution is 6.00. The van der Waals surface area contributed by atoms with E-state index in [0.29, 0.717) is 0 Å². The molecule has 0 atom stereocenters. The van der Waals surface area contributed by atoms with Gasteiger partial charge in [-0.2, -0.15) is 5.26 Å². The summed E-state index contributed by atoms with van der Waals surface area (Å²) in [6.07, 6.45) is 0. The van der Waals surface area contributed by atoms with Crippen molar-refractivity contribution < 1.29 is 4.79 Å². The summed E-state index contributed by atoms with van der Waals surface area (Å²) in [4.78, 5) is 13.8. The lowest BCUT2D eigenvalue weighted by molar-refractivity contribution is -0.123. The van der Waals surface area contributed by atoms with Crippen LogP contribution in [0.4, 0.5) is 5.69 Å². The number of nitrogens with zero attached hydrogens (tertiary/aromatic N) is 2. The van der Waals surface area contributed by atoms with E-state index in [9.17, 15) is 4.79 Å². The molecule has 3 heteroatoms. The molecule has 0 aliphatic rings. The fourth-order valence-corrected chi connectivity index (χ4v) is 2.15. The number of fused-ring (bicyclic) bond motifs is 1. The molecular formula is C17H18N2O. The number of amides is 1. The molecule has 0 unspecified atom stereocenters. The van der Waals surface area contributed by atoms with Crippen LogP contribution in [-0.2, 0) is 4.79 Å². The topological polar surface area (TPSA) is 44.1 Å². The second-order valence-corrected chi connectivity index (χ2v) is 5.64. The monoisotopic (exact) mass is 266 g/mol. The molecule has 0 aliphatic heterocycles. The number of carbonyl (C=O) groups is 1. The lowest BCUT2D eigenvalue weighted by atomic mass is 9.93. The van der Waals surface area contributed by atoms with Crippen molar-refractivity contribution in [3.63, 3.8) is 0 Å². The Morgan fingerprint density at radius 3 is 2.40 bits per heavy atom. The Morgan fingerprint density at radius 2 is 1.75 bits per heavy atom. The lowest BCUT2D eigenvalue weighted by Crippen LogP contribution is -2.37. The van der Waals surface area contributed by atoms with Gasteiger partial charge in [-0.1, -0.05) is 29.8 Å². The number of nitriles is 1. The van der Waals surface area contributed by atoms with Gasteiger partial charge >= 0.3 is 0 Å². The predicted octanol–water partition coefficient (Wildman–Crippen LogP) is 3.66. The van der Waals surface area contributed by atoms with E-state index in [1.165, 1.54) is 5.56 Å². The van der Waals surface area contributed by atoms with Gasteiger partial charge in [-0.05, 0) is 43.7 Å². The Balaban J connectivity index is 2.41. The van der Waals surface area contributed by atoms with E-state index in [4.69, 9.17) is 5.26 Å². The van der Waals surface area contributed by atoms with E-state index in [2.05, 4.69) is 13.0 Å². The summed E-state index contributed by atoms with van der Waals surface area (Å²) in [6, 6.07) is 14.1. The van der Waals surface area contributed by atoms with Gasteiger partial charge in [0, 0.05) is 12.7 Å². The highest BCUT2D eigenvalue weighted by Crippen LogP contribution is 2.26. The van der Waals surface area contributed by atoms with Crippen LogP contribution >= 0.6 is 0 Å². The zero-order valence-electron chi connectivity index (χ0n) is 12.3. The molecule has 0 fully saturated rings. The summed E-state index contributed by atoms with van der Waals surface area (Å²) < 4.78 is 0. The number of aryl methyl sites for hydroxylation is 1. The van der Waals surface area contributed by atoms with Crippen molar-refractivity contribution >= 4 is 22.4 Å². The summed E-state index contributed by atoms with van der Waals surface area (Å²) in [5.74, 6) is -0.202. The number of hydrogen-bond donors (Lipinski definition) is 0. The fraction of sp³-hybridized carbons (Fsp3) is 0.294. The van der Waals surface area contributed by atoms with E-state index >= 15 is 0 Å². The lowest BCUT2D eigenvalue weighted by Gasteiger charge is -2.24. The van der Waals surface area contributed by atoms with Crippen molar-refractivity contribution in [2.75, 3.05) is 11.9 Å². The average molecular weight is 266 g/mol. The zero-order valence-corrected chi connectivity index (χ0v) is 12.3. The second kappa shape index (κ2) is 4.97. The molecule has 20 heavy (non-hydrogen) atoms. The van der Waals surface area contributed by atoms with Crippen molar-refractivity contribution in [2.24, 2.45) is 5.41 Å². The largest absolute Gasteiger partial charge is 0.314 e. The highest BCUT2D eigenvalue weighted by atomic mass is 16.2. The van der Waals surface area contributed by atoms with E-state index in [1.54, 1.807) is 25.8 Å². The number of benzene rings is 2. The Labute approximate surface area is 119 Å². The average Bonchev–Trinajstić information content (AvgIpc) is 2.45. The number of carbonyl (C=O) groups excluding carboxylic acids is 1. The zero-order chi connectivity index (χ0) is 14.9. The van der Waals surface area contributed by atoms with Crippen molar-refractivity contribution in [1.82, 2.24) is 0 Å². The molecule has 0 aromatic heterocycles. The van der Waals surface area contributed by atoms with Crippen molar-refractivity contribution in [3.8, 4) is 6.07 Å². The van der Waals surface area contributed by atoms with Gasteiger partial charge in [0.15, 0.2) is 0 Å². The smallest absolute Gasteiger partial charge is 0.246 e. The van der Waals surface area contributed by atoms with Gasteiger partial charge < -0.3 is 4.90 Å². The maximum atomic E-state index is 12.3. The van der Waals surface area contributed by atoms with Crippen LogP contribution in [0, 0.1) is 23.7 Å². The van der Waals surface area contributed by atoms with Gasteiger partial charge in [0.1, 0.15) is 5.41 Å². The van der Waals surface area contributed by atoms with Gasteiger partial charge in [-0.25, -0.2) is 0 Å². The number of hydrogen-bond acceptors (Lipinski definition) is 2. The molecule has 2 rings (SSSR count). The standard InChI is InChI=1S/C17H18N2O/c1-12-5-6-14-10-15(8-7-13(14)9-12)19(4)16(20)17(2,3)11-18/h5-10H,1-4H3. The third-order valence-electron chi connectivity index (χ3n) is 3.49. The summed E-state index contributed by atoms with van der Waals surface area (Å²) in [5.41, 5.74) is 0.992. The van der Waals surface area contributed by atoms with Crippen LogP contribution in [0.3, 0.4) is 0 Å². The molecule has 0 bridgehead atoms. The van der Waals surface area contributed by atoms with Crippen LogP contribution in [0.2, 0.25) is 0 Å². The summed E-state index contributed by atoms with van der Waals surface area (Å²) in [6.45, 7) is 5.32. The van der Waals surface area contributed by atoms with Gasteiger partial charge in [0.05, 0.1) is 6.07 Å². The fourth-order valence-electron chi connectivity index (χ4n) is 2.15. The maximum Gasteiger partial charge on any atom is 0.246 e. The normalized spacial score (nSPS) is 11.2. The molecule has 0 saturated carbocycles. The first-order chi connectivity index (χ1) is 9.35. The van der Waals surface area contributed by atoms with Crippen molar-refractivity contribution in [2.45, 2.75) is 20.8 Å². The van der Waals surface area contributed by atoms with Crippen molar-refractivity contribution in [3.05, 3.63) is 42.0 Å². The third kappa shape index (κ3) is 2.50. The minimum absolute atomic E-state index is 0.202. The van der Waals surface area contributed by atoms with Gasteiger partial charge in [-0.15, -0.1) is 0 Å². The molecule has 2 aromatic carbocycles. The van der Waals surface area contributed by atoms with Crippen LogP contribution in [-0.4, -0.2) is 13.0 Å². The minimum atomic E-state index is -1.02. The maximum absolute atomic E-state index is 12.3. The summed E-state index contributed by atoms with van der Waals surface area (Å²) in [7, 11) is 1.71. The second-order valence-electron chi connectivity index (χ2n) is 5.64. The van der Waals surface area contributed by atoms with Gasteiger partial charge in [0.25, 0.3) is 0 Å². The first-order valence-corrected chi connectivity index (χ1v) is 6.55. The van der Waals surface area contributed by atoms with Gasteiger partial charge in [-0.3, -0.25) is 4.79 Å². The molecule has 102 valence electrons. The van der Waals surface area contributed by atoms with Crippen molar-refractivity contribution in [1.29, 1.82) is 5.26 Å². The van der Waals surface area contributed by atoms with E-state index < -0.39 is 5.41 Å². The molecule has 0 radical (unpaired) electrons. The number of rotatable bonds is 2. The Kier molecular flexibility index (Phi) is 3.50. The predicted molar refractivity (Wildman–Crippen MR) is 81.5 cm³/mol. The molecule has 0 aliphatic carbocycles. The minimum Gasteiger partial charge on any atom is -0.314 e. The summed E-state index contributed by atoms with van der Waals surface area (Å²) in [5, 5.41) is 11.3. The van der Waals surface area contributed by atoms with E-state index in [1.807, 2.05) is 36.4 Å². The molecule has 2 aromatic rings. The first-order valence-electron chi connectivity index (χ1n) is 6.55. The molecular weight excluding hydrogens is 248 g/mol. The van der Waals surface area contributed by atoms with Crippen LogP contribution in [0.15, 0.2) is 36.4 Å². The molecule has 0 heterocycles. The number of anilines is 1. The Morgan fingerprint density at radius 1 is 1.15 bits per heavy atom. The Hall–Kier alpha value is -2.34. The highest BCUT2D eigenvalue weighted by Gasteiger charge is 2.30. The molecule has 0 saturated heterocycles. The van der Waals surface area contributed by atoms with Crippen LogP contribution in [0.5, 0.6) is 0 Å². The molecule has 0 spiro atoms. The SMILES string of the molecule is Cc1ccc2cc(N(C)C(=O)C(C)(C)C#N)ccc2c1. The van der Waals surface area contributed by atoms with E-state index in [-0.39, 0.29) is 5.91 Å². The summed E-state index contributed by atoms with van der Waals surface area (Å²) >= 11 is 0. The van der Waals surface area contributed by atoms with Crippen LogP contribution < -0.4 is 4.90 Å². The van der Waals surface area contributed by atoms with E-state index in [0.717, 1.165) is 16.5 Å². The van der Waals surface area contributed by atoms with Crippen LogP contribution in [0.25, 0.3) is 10.8 Å². The molecule has 0 N–H and O–H groups in total. The molecule has 1 amide bonds.